The fourth-order valence-electron chi connectivity index (χ4n) is 0.451. The van der Waals surface area contributed by atoms with Crippen LogP contribution in [0.1, 0.15) is 15.8 Å². The van der Waals surface area contributed by atoms with Crippen molar-refractivity contribution in [1.29, 1.82) is 0 Å². The van der Waals surface area contributed by atoms with Crippen LogP contribution in [0.4, 0.5) is 0 Å². The van der Waals surface area contributed by atoms with Gasteiger partial charge in [0.25, 0.3) is 0 Å². The van der Waals surface area contributed by atoms with Gasteiger partial charge in [0.05, 0.1) is 9.68 Å². The number of carbonyl (C=O) groups excluding carboxylic acids is 1. The third kappa shape index (κ3) is 1.36. The number of carbonyl (C=O) groups is 1. The van der Waals surface area contributed by atoms with Gasteiger partial charge in [-0.05, 0) is 18.1 Å². The highest BCUT2D eigenvalue weighted by molar-refractivity contribution is 9.10. The molecule has 0 aliphatic heterocycles. The average Bonchev–Trinajstić information content (AvgIpc) is 2.11. The molecule has 10 heavy (non-hydrogen) atoms. The van der Waals surface area contributed by atoms with Crippen molar-refractivity contribution in [2.24, 2.45) is 0 Å². The lowest BCUT2D eigenvalue weighted by Gasteiger charge is -1.95. The summed E-state index contributed by atoms with van der Waals surface area (Å²) in [7, 11) is 0. The molecular formula is C7H5BrO2. The summed E-state index contributed by atoms with van der Waals surface area (Å²) in [6.45, 7) is 0. The van der Waals surface area contributed by atoms with Crippen LogP contribution in [0.3, 0.4) is 0 Å². The molecular weight excluding hydrogens is 196 g/mol. The molecule has 0 bridgehead atoms. The van der Waals surface area contributed by atoms with Crippen LogP contribution < -0.4 is 0 Å². The van der Waals surface area contributed by atoms with Gasteiger partial charge in [-0.3, -0.25) is 4.79 Å². The van der Waals surface area contributed by atoms with Gasteiger partial charge in [-0.2, -0.15) is 0 Å². The Morgan fingerprint density at radius 3 is 3.10 bits per heavy atom. The zero-order valence-corrected chi connectivity index (χ0v) is 6.32. The summed E-state index contributed by atoms with van der Waals surface area (Å²) < 4.78 is 28.6. The predicted octanol–water partition coefficient (Wildman–Crippen LogP) is 1.97. The molecule has 1 N–H and O–H groups in total. The molecule has 0 unspecified atom stereocenters. The third-order valence-electron chi connectivity index (χ3n) is 0.864. The SMILES string of the molecule is [2H]C(=O)c1c([2H])c(Br)c([2H])c([2H])c1O. The number of phenols is 1. The van der Waals surface area contributed by atoms with Crippen LogP contribution in [0.25, 0.3) is 0 Å². The van der Waals surface area contributed by atoms with Crippen molar-refractivity contribution in [3.63, 3.8) is 0 Å². The van der Waals surface area contributed by atoms with Gasteiger partial charge in [-0.25, -0.2) is 0 Å². The number of aromatic hydroxyl groups is 1. The first-order chi connectivity index (χ1) is 6.37. The molecule has 0 amide bonds. The van der Waals surface area contributed by atoms with Gasteiger partial charge >= 0.3 is 0 Å². The van der Waals surface area contributed by atoms with Gasteiger partial charge in [0, 0.05) is 4.47 Å². The molecule has 0 saturated heterocycles. The minimum absolute atomic E-state index is 0.0732. The Balaban J connectivity index is 3.68. The number of benzene rings is 1. The topological polar surface area (TPSA) is 37.3 Å². The average molecular weight is 205 g/mol. The fourth-order valence-corrected chi connectivity index (χ4v) is 0.748. The Hall–Kier alpha value is -0.830. The largest absolute Gasteiger partial charge is 0.507 e. The Morgan fingerprint density at radius 1 is 1.80 bits per heavy atom. The number of phenolic OH excluding ortho intramolecular Hbond substituents is 1. The zero-order valence-electron chi connectivity index (χ0n) is 8.73. The molecule has 0 aliphatic rings. The standard InChI is InChI=1S/C7H5BrO2/c8-6-1-2-7(10)5(3-6)4-9/h1-4,10H/i1D,2D,3D,4D. The second-order valence-electron chi connectivity index (χ2n) is 1.51. The van der Waals surface area contributed by atoms with Crippen molar-refractivity contribution in [2.45, 2.75) is 0 Å². The summed E-state index contributed by atoms with van der Waals surface area (Å²) in [6, 6.07) is -1.38. The molecule has 0 fully saturated rings. The maximum absolute atomic E-state index is 10.7. The van der Waals surface area contributed by atoms with Crippen LogP contribution in [-0.2, 0) is 0 Å². The molecule has 52 valence electrons. The first kappa shape index (κ1) is 3.53. The molecule has 0 aromatic heterocycles. The predicted molar refractivity (Wildman–Crippen MR) is 41.2 cm³/mol. The van der Waals surface area contributed by atoms with E-state index in [-0.39, 0.29) is 10.5 Å². The highest BCUT2D eigenvalue weighted by Crippen LogP contribution is 2.19. The van der Waals surface area contributed by atoms with E-state index in [9.17, 15) is 9.90 Å². The zero-order chi connectivity index (χ0) is 11.0. The maximum atomic E-state index is 10.7. The van der Waals surface area contributed by atoms with Crippen LogP contribution in [0.15, 0.2) is 22.6 Å². The molecule has 0 atom stereocenters. The van der Waals surface area contributed by atoms with Crippen molar-refractivity contribution in [3.05, 3.63) is 28.2 Å². The second kappa shape index (κ2) is 2.84. The van der Waals surface area contributed by atoms with Crippen LogP contribution in [0.5, 0.6) is 5.75 Å². The maximum Gasteiger partial charge on any atom is 0.153 e. The molecule has 2 nitrogen and oxygen atoms in total. The minimum Gasteiger partial charge on any atom is -0.507 e. The normalized spacial score (nSPS) is 14.9. The lowest BCUT2D eigenvalue weighted by atomic mass is 10.2. The summed E-state index contributed by atoms with van der Waals surface area (Å²) in [4.78, 5) is 10.7. The third-order valence-corrected chi connectivity index (χ3v) is 1.26. The Bertz CT molecular complexity index is 390. The van der Waals surface area contributed by atoms with Gasteiger partial charge < -0.3 is 5.11 Å². The van der Waals surface area contributed by atoms with E-state index in [2.05, 4.69) is 15.9 Å². The second-order valence-corrected chi connectivity index (χ2v) is 2.31. The van der Waals surface area contributed by atoms with Crippen LogP contribution in [-0.4, -0.2) is 11.4 Å². The molecule has 0 spiro atoms. The lowest BCUT2D eigenvalue weighted by molar-refractivity contribution is 0.112. The monoisotopic (exact) mass is 204 g/mol. The Labute approximate surface area is 72.2 Å². The van der Waals surface area contributed by atoms with Crippen LogP contribution >= 0.6 is 15.9 Å². The summed E-state index contributed by atoms with van der Waals surface area (Å²) in [5.74, 6) is -0.789. The van der Waals surface area contributed by atoms with Crippen LogP contribution in [0, 0.1) is 0 Å². The van der Waals surface area contributed by atoms with E-state index in [1.165, 1.54) is 0 Å². The Morgan fingerprint density at radius 2 is 2.50 bits per heavy atom. The first-order valence-corrected chi connectivity index (χ1v) is 3.16. The summed E-state index contributed by atoms with van der Waals surface area (Å²) >= 11 is 2.84. The smallest absolute Gasteiger partial charge is 0.153 e. The molecule has 0 heterocycles. The van der Waals surface area contributed by atoms with Gasteiger partial charge in [-0.15, -0.1) is 0 Å². The van der Waals surface area contributed by atoms with E-state index >= 15 is 0 Å². The fraction of sp³-hybridized carbons (Fsp3) is 0. The van der Waals surface area contributed by atoms with Gasteiger partial charge in [0.2, 0.25) is 0 Å². The van der Waals surface area contributed by atoms with Crippen LogP contribution in [0.2, 0.25) is 0 Å². The van der Waals surface area contributed by atoms with Crippen molar-refractivity contribution in [2.75, 3.05) is 0 Å². The summed E-state index contributed by atoms with van der Waals surface area (Å²) in [5, 5.41) is 9.26. The molecule has 1 aromatic rings. The van der Waals surface area contributed by atoms with E-state index in [1.807, 2.05) is 0 Å². The van der Waals surface area contributed by atoms with E-state index in [4.69, 9.17) is 5.48 Å². The number of halogens is 1. The minimum atomic E-state index is -1.25. The van der Waals surface area contributed by atoms with E-state index in [1.54, 1.807) is 0 Å². The summed E-state index contributed by atoms with van der Waals surface area (Å²) in [6.07, 6.45) is -1.25. The van der Waals surface area contributed by atoms with Crippen molar-refractivity contribution in [3.8, 4) is 5.75 Å². The number of hydrogen-bond acceptors (Lipinski definition) is 2. The number of hydrogen-bond donors (Lipinski definition) is 1. The Kier molecular flexibility index (Phi) is 1.00. The molecule has 0 saturated carbocycles. The quantitative estimate of drug-likeness (QED) is 0.711. The molecule has 1 rings (SSSR count). The summed E-state index contributed by atoms with van der Waals surface area (Å²) in [5.41, 5.74) is -0.558. The first-order valence-electron chi connectivity index (χ1n) is 4.37. The van der Waals surface area contributed by atoms with E-state index in [0.29, 0.717) is 0 Å². The van der Waals surface area contributed by atoms with Gasteiger partial charge in [-0.1, -0.05) is 15.9 Å². The van der Waals surface area contributed by atoms with Crippen molar-refractivity contribution >= 4 is 22.2 Å². The highest BCUT2D eigenvalue weighted by Gasteiger charge is 1.97. The molecule has 1 aromatic carbocycles. The van der Waals surface area contributed by atoms with Gasteiger partial charge in [0.15, 0.2) is 6.26 Å². The van der Waals surface area contributed by atoms with E-state index < -0.39 is 29.7 Å². The lowest BCUT2D eigenvalue weighted by Crippen LogP contribution is -1.79. The highest BCUT2D eigenvalue weighted by atomic mass is 79.9. The van der Waals surface area contributed by atoms with Gasteiger partial charge in [0.1, 0.15) is 7.12 Å². The van der Waals surface area contributed by atoms with Crippen molar-refractivity contribution < 1.29 is 15.4 Å². The molecule has 3 heteroatoms. The molecule has 0 radical (unpaired) electrons. The van der Waals surface area contributed by atoms with E-state index in [0.717, 1.165) is 0 Å². The number of aldehydes is 1. The van der Waals surface area contributed by atoms with Crippen molar-refractivity contribution in [1.82, 2.24) is 0 Å². The number of rotatable bonds is 1. The molecule has 0 aliphatic carbocycles.